The van der Waals surface area contributed by atoms with Gasteiger partial charge in [0.1, 0.15) is 0 Å². The molecule has 0 aromatic heterocycles. The van der Waals surface area contributed by atoms with Crippen LogP contribution in [0.1, 0.15) is 29.6 Å². The highest BCUT2D eigenvalue weighted by Gasteiger charge is 2.19. The van der Waals surface area contributed by atoms with Crippen molar-refractivity contribution in [2.24, 2.45) is 0 Å². The van der Waals surface area contributed by atoms with E-state index in [0.717, 1.165) is 31.7 Å². The molecule has 1 aromatic rings. The zero-order valence-electron chi connectivity index (χ0n) is 12.1. The Bertz CT molecular complexity index is 470. The van der Waals surface area contributed by atoms with E-state index in [-0.39, 0.29) is 6.10 Å². The van der Waals surface area contributed by atoms with E-state index in [1.807, 2.05) is 24.1 Å². The van der Waals surface area contributed by atoms with Gasteiger partial charge in [0.2, 0.25) is 0 Å². The van der Waals surface area contributed by atoms with Gasteiger partial charge in [0.25, 0.3) is 0 Å². The summed E-state index contributed by atoms with van der Waals surface area (Å²) in [6.45, 7) is 1.60. The number of para-hydroxylation sites is 1. The first-order valence-corrected chi connectivity index (χ1v) is 6.93. The first-order chi connectivity index (χ1) is 9.63. The van der Waals surface area contributed by atoms with E-state index in [1.165, 1.54) is 13.5 Å². The third-order valence-electron chi connectivity index (χ3n) is 3.65. The molecule has 0 amide bonds. The van der Waals surface area contributed by atoms with Gasteiger partial charge in [-0.1, -0.05) is 6.07 Å². The van der Waals surface area contributed by atoms with Crippen LogP contribution in [0, 0.1) is 0 Å². The number of likely N-dealkylation sites (N-methyl/N-ethyl adjacent to an activating group) is 1. The van der Waals surface area contributed by atoms with Crippen LogP contribution in [0.5, 0.6) is 0 Å². The molecule has 1 saturated heterocycles. The number of nitrogens with two attached hydrogens (primary N) is 1. The monoisotopic (exact) mass is 278 g/mol. The molecule has 0 bridgehead atoms. The fourth-order valence-electron chi connectivity index (χ4n) is 2.53. The summed E-state index contributed by atoms with van der Waals surface area (Å²) in [5, 5.41) is 0. The number of carbonyl (C=O) groups excluding carboxylic acids is 1. The van der Waals surface area contributed by atoms with Crippen molar-refractivity contribution in [1.29, 1.82) is 0 Å². The third-order valence-corrected chi connectivity index (χ3v) is 3.65. The molecule has 20 heavy (non-hydrogen) atoms. The summed E-state index contributed by atoms with van der Waals surface area (Å²) >= 11 is 0. The van der Waals surface area contributed by atoms with E-state index >= 15 is 0 Å². The quantitative estimate of drug-likeness (QED) is 0.674. The number of benzene rings is 1. The summed E-state index contributed by atoms with van der Waals surface area (Å²) in [6.07, 6.45) is 3.65. The molecule has 1 heterocycles. The second-order valence-corrected chi connectivity index (χ2v) is 5.10. The average molecular weight is 278 g/mol. The van der Waals surface area contributed by atoms with Gasteiger partial charge in [0.15, 0.2) is 0 Å². The predicted molar refractivity (Wildman–Crippen MR) is 79.1 cm³/mol. The van der Waals surface area contributed by atoms with Crippen molar-refractivity contribution in [2.75, 3.05) is 37.9 Å². The zero-order valence-corrected chi connectivity index (χ0v) is 12.1. The average Bonchev–Trinajstić information content (AvgIpc) is 2.47. The van der Waals surface area contributed by atoms with Crippen molar-refractivity contribution in [3.63, 3.8) is 0 Å². The van der Waals surface area contributed by atoms with Gasteiger partial charge < -0.3 is 20.1 Å². The molecule has 1 aromatic carbocycles. The predicted octanol–water partition coefficient (Wildman–Crippen LogP) is 2.06. The Morgan fingerprint density at radius 1 is 1.50 bits per heavy atom. The van der Waals surface area contributed by atoms with Gasteiger partial charge in [-0.3, -0.25) is 0 Å². The lowest BCUT2D eigenvalue weighted by atomic mass is 10.1. The lowest BCUT2D eigenvalue weighted by molar-refractivity contribution is 0.0216. The van der Waals surface area contributed by atoms with Crippen LogP contribution in [0.15, 0.2) is 18.2 Å². The molecule has 1 fully saturated rings. The minimum atomic E-state index is -0.410. The number of nitrogens with zero attached hydrogens (tertiary/aromatic N) is 1. The number of nitrogen functional groups attached to an aromatic ring is 1. The van der Waals surface area contributed by atoms with Gasteiger partial charge in [-0.25, -0.2) is 4.79 Å². The Morgan fingerprint density at radius 2 is 2.30 bits per heavy atom. The molecule has 1 aliphatic rings. The van der Waals surface area contributed by atoms with Crippen molar-refractivity contribution in [1.82, 2.24) is 0 Å². The maximum atomic E-state index is 11.7. The van der Waals surface area contributed by atoms with Gasteiger partial charge in [0.05, 0.1) is 30.2 Å². The topological polar surface area (TPSA) is 64.8 Å². The van der Waals surface area contributed by atoms with Crippen molar-refractivity contribution < 1.29 is 14.3 Å². The molecule has 5 nitrogen and oxygen atoms in total. The smallest absolute Gasteiger partial charge is 0.340 e. The molecule has 0 radical (unpaired) electrons. The van der Waals surface area contributed by atoms with Crippen LogP contribution in [0.2, 0.25) is 0 Å². The van der Waals surface area contributed by atoms with E-state index in [0.29, 0.717) is 11.3 Å². The fourth-order valence-corrected chi connectivity index (χ4v) is 2.53. The van der Waals surface area contributed by atoms with Crippen LogP contribution >= 0.6 is 0 Å². The van der Waals surface area contributed by atoms with Crippen molar-refractivity contribution in [3.8, 4) is 0 Å². The van der Waals surface area contributed by atoms with Crippen LogP contribution in [-0.2, 0) is 9.47 Å². The van der Waals surface area contributed by atoms with Crippen molar-refractivity contribution in [2.45, 2.75) is 25.4 Å². The summed E-state index contributed by atoms with van der Waals surface area (Å²) in [5.41, 5.74) is 7.78. The molecule has 2 N–H and O–H groups in total. The van der Waals surface area contributed by atoms with Gasteiger partial charge in [-0.2, -0.15) is 0 Å². The fraction of sp³-hybridized carbons (Fsp3) is 0.533. The number of hydrogen-bond acceptors (Lipinski definition) is 5. The van der Waals surface area contributed by atoms with E-state index in [2.05, 4.69) is 0 Å². The lowest BCUT2D eigenvalue weighted by Gasteiger charge is -2.29. The minimum absolute atomic E-state index is 0.231. The summed E-state index contributed by atoms with van der Waals surface area (Å²) < 4.78 is 10.5. The molecular formula is C15H22N2O3. The second-order valence-electron chi connectivity index (χ2n) is 5.10. The van der Waals surface area contributed by atoms with Gasteiger partial charge >= 0.3 is 5.97 Å². The standard InChI is InChI=1S/C15H22N2O3/c1-17(10-11-6-3-4-9-20-11)13-8-5-7-12(14(13)16)15(18)19-2/h5,7-8,11H,3-4,6,9-10,16H2,1-2H3. The Morgan fingerprint density at radius 3 is 2.95 bits per heavy atom. The number of anilines is 2. The van der Waals surface area contributed by atoms with Gasteiger partial charge in [-0.15, -0.1) is 0 Å². The van der Waals surface area contributed by atoms with Gasteiger partial charge in [0, 0.05) is 20.2 Å². The Balaban J connectivity index is 2.12. The van der Waals surface area contributed by atoms with E-state index in [9.17, 15) is 4.79 Å². The third kappa shape index (κ3) is 3.22. The van der Waals surface area contributed by atoms with Crippen LogP contribution < -0.4 is 10.6 Å². The number of carbonyl (C=O) groups is 1. The minimum Gasteiger partial charge on any atom is -0.465 e. The molecule has 1 aliphatic heterocycles. The molecule has 0 aliphatic carbocycles. The molecule has 1 unspecified atom stereocenters. The number of rotatable bonds is 4. The number of methoxy groups -OCH3 is 1. The SMILES string of the molecule is COC(=O)c1cccc(N(C)CC2CCCCO2)c1N. The maximum Gasteiger partial charge on any atom is 0.340 e. The molecule has 110 valence electrons. The largest absolute Gasteiger partial charge is 0.465 e. The van der Waals surface area contributed by atoms with Crippen LogP contribution in [0.4, 0.5) is 11.4 Å². The molecule has 5 heteroatoms. The van der Waals surface area contributed by atoms with Crippen molar-refractivity contribution >= 4 is 17.3 Å². The lowest BCUT2D eigenvalue weighted by Crippen LogP contribution is -2.33. The first kappa shape index (κ1) is 14.7. The van der Waals surface area contributed by atoms with Crippen molar-refractivity contribution in [3.05, 3.63) is 23.8 Å². The summed E-state index contributed by atoms with van der Waals surface area (Å²) in [5.74, 6) is -0.410. The zero-order chi connectivity index (χ0) is 14.5. The van der Waals surface area contributed by atoms with Crippen LogP contribution in [-0.4, -0.2) is 39.4 Å². The number of hydrogen-bond donors (Lipinski definition) is 1. The highest BCUT2D eigenvalue weighted by Crippen LogP contribution is 2.27. The summed E-state index contributed by atoms with van der Waals surface area (Å²) in [6, 6.07) is 5.40. The first-order valence-electron chi connectivity index (χ1n) is 6.93. The number of esters is 1. The van der Waals surface area contributed by atoms with Crippen LogP contribution in [0.25, 0.3) is 0 Å². The highest BCUT2D eigenvalue weighted by atomic mass is 16.5. The number of ether oxygens (including phenoxy) is 2. The maximum absolute atomic E-state index is 11.7. The normalized spacial score (nSPS) is 18.6. The van der Waals surface area contributed by atoms with Gasteiger partial charge in [-0.05, 0) is 31.4 Å². The molecule has 1 atom stereocenters. The molecule has 2 rings (SSSR count). The Hall–Kier alpha value is -1.75. The Kier molecular flexibility index (Phi) is 4.84. The molecular weight excluding hydrogens is 256 g/mol. The Labute approximate surface area is 119 Å². The highest BCUT2D eigenvalue weighted by molar-refractivity contribution is 5.98. The second kappa shape index (κ2) is 6.61. The summed E-state index contributed by atoms with van der Waals surface area (Å²) in [4.78, 5) is 13.7. The van der Waals surface area contributed by atoms with E-state index in [1.54, 1.807) is 6.07 Å². The van der Waals surface area contributed by atoms with E-state index in [4.69, 9.17) is 15.2 Å². The molecule has 0 spiro atoms. The van der Waals surface area contributed by atoms with Crippen LogP contribution in [0.3, 0.4) is 0 Å². The summed E-state index contributed by atoms with van der Waals surface area (Å²) in [7, 11) is 3.32. The molecule has 0 saturated carbocycles. The van der Waals surface area contributed by atoms with E-state index < -0.39 is 5.97 Å².